The second-order valence-electron chi connectivity index (χ2n) is 5.51. The van der Waals surface area contributed by atoms with Crippen LogP contribution in [0, 0.1) is 0 Å². The number of alkyl halides is 2. The summed E-state index contributed by atoms with van der Waals surface area (Å²) >= 11 is 11.7. The summed E-state index contributed by atoms with van der Waals surface area (Å²) in [6.45, 7) is 4.46. The van der Waals surface area contributed by atoms with Gasteiger partial charge in [-0.2, -0.15) is 0 Å². The summed E-state index contributed by atoms with van der Waals surface area (Å²) in [5.41, 5.74) is 2.85. The Morgan fingerprint density at radius 1 is 1.04 bits per heavy atom. The monoisotopic (exact) mass is 381 g/mol. The van der Waals surface area contributed by atoms with Crippen LogP contribution in [0.4, 0.5) is 5.69 Å². The second-order valence-corrected chi connectivity index (χ2v) is 6.27. The lowest BCUT2D eigenvalue weighted by atomic mass is 10.2. The lowest BCUT2D eigenvalue weighted by Crippen LogP contribution is -2.33. The summed E-state index contributed by atoms with van der Waals surface area (Å²) < 4.78 is 7.01. The molecular weight excluding hydrogens is 359 g/mol. The molecule has 0 saturated carbocycles. The van der Waals surface area contributed by atoms with Crippen molar-refractivity contribution in [1.82, 2.24) is 0 Å². The predicted octanol–water partition coefficient (Wildman–Crippen LogP) is 3.48. The molecule has 1 aromatic carbocycles. The van der Waals surface area contributed by atoms with E-state index in [1.165, 1.54) is 5.56 Å². The first-order valence-electron chi connectivity index (χ1n) is 8.30. The molecule has 2 rings (SSSR count). The molecule has 0 atom stereocenters. The molecule has 0 fully saturated rings. The van der Waals surface area contributed by atoms with Gasteiger partial charge in [-0.1, -0.05) is 12.1 Å². The van der Waals surface area contributed by atoms with E-state index in [2.05, 4.69) is 29.2 Å². The summed E-state index contributed by atoms with van der Waals surface area (Å²) in [7, 11) is 0. The number of pyridine rings is 1. The Bertz CT molecular complexity index is 654. The molecule has 0 aliphatic carbocycles. The maximum absolute atomic E-state index is 11.7. The predicted molar refractivity (Wildman–Crippen MR) is 102 cm³/mol. The number of benzene rings is 1. The van der Waals surface area contributed by atoms with Gasteiger partial charge in [-0.25, -0.2) is 9.36 Å². The normalized spacial score (nSPS) is 10.5. The van der Waals surface area contributed by atoms with Crippen molar-refractivity contribution in [3.8, 4) is 0 Å². The molecule has 0 amide bonds. The quantitative estimate of drug-likeness (QED) is 0.378. The van der Waals surface area contributed by atoms with Crippen molar-refractivity contribution in [2.24, 2.45) is 0 Å². The van der Waals surface area contributed by atoms with E-state index in [0.717, 1.165) is 25.3 Å². The van der Waals surface area contributed by atoms with Gasteiger partial charge in [0, 0.05) is 48.2 Å². The van der Waals surface area contributed by atoms with E-state index in [1.807, 2.05) is 17.0 Å². The number of hydrogen-bond acceptors (Lipinski definition) is 3. The number of carbonyl (C=O) groups is 1. The van der Waals surface area contributed by atoms with E-state index in [9.17, 15) is 4.79 Å². The Labute approximate surface area is 158 Å². The zero-order valence-corrected chi connectivity index (χ0v) is 15.8. The largest absolute Gasteiger partial charge is 0.462 e. The number of anilines is 1. The lowest BCUT2D eigenvalue weighted by molar-refractivity contribution is -0.688. The van der Waals surface area contributed by atoms with Crippen LogP contribution in [0.5, 0.6) is 0 Å². The smallest absolute Gasteiger partial charge is 0.338 e. The minimum atomic E-state index is -0.294. The molecule has 0 spiro atoms. The molecule has 0 saturated heterocycles. The maximum atomic E-state index is 11.7. The third-order valence-electron chi connectivity index (χ3n) is 3.78. The molecule has 4 nitrogen and oxygen atoms in total. The molecule has 0 aliphatic rings. The average molecular weight is 382 g/mol. The van der Waals surface area contributed by atoms with E-state index < -0.39 is 0 Å². The third-order valence-corrected chi connectivity index (χ3v) is 4.12. The van der Waals surface area contributed by atoms with Crippen LogP contribution in [-0.2, 0) is 11.3 Å². The number of carbonyl (C=O) groups excluding carboxylic acids is 1. The Kier molecular flexibility index (Phi) is 8.02. The first kappa shape index (κ1) is 19.5. The van der Waals surface area contributed by atoms with Gasteiger partial charge in [0.1, 0.15) is 0 Å². The van der Waals surface area contributed by atoms with Crippen LogP contribution >= 0.6 is 23.2 Å². The first-order chi connectivity index (χ1) is 12.2. The fourth-order valence-corrected chi connectivity index (χ4v) is 2.92. The van der Waals surface area contributed by atoms with Crippen molar-refractivity contribution in [2.75, 3.05) is 36.4 Å². The van der Waals surface area contributed by atoms with Gasteiger partial charge in [0.25, 0.3) is 0 Å². The van der Waals surface area contributed by atoms with Gasteiger partial charge in [-0.05, 0) is 19.1 Å². The van der Waals surface area contributed by atoms with Crippen molar-refractivity contribution in [3.63, 3.8) is 0 Å². The lowest BCUT2D eigenvalue weighted by Gasteiger charge is -2.22. The molecule has 25 heavy (non-hydrogen) atoms. The molecule has 6 heteroatoms. The highest BCUT2D eigenvalue weighted by Gasteiger charge is 2.10. The van der Waals surface area contributed by atoms with Crippen LogP contribution in [0.1, 0.15) is 22.8 Å². The summed E-state index contributed by atoms with van der Waals surface area (Å²) in [5.74, 6) is 0.848. The third kappa shape index (κ3) is 5.91. The summed E-state index contributed by atoms with van der Waals surface area (Å²) in [6, 6.07) is 11.9. The summed E-state index contributed by atoms with van der Waals surface area (Å²) in [4.78, 5) is 13.8. The molecule has 0 radical (unpaired) electrons. The molecule has 0 bridgehead atoms. The molecule has 0 aliphatic heterocycles. The molecule has 2 aromatic rings. The van der Waals surface area contributed by atoms with Gasteiger partial charge in [0.15, 0.2) is 18.9 Å². The molecular formula is C19H23Cl2N2O2+. The highest BCUT2D eigenvalue weighted by atomic mass is 35.5. The van der Waals surface area contributed by atoms with Crippen LogP contribution in [0.15, 0.2) is 48.8 Å². The Morgan fingerprint density at radius 3 is 2.16 bits per heavy atom. The molecule has 134 valence electrons. The number of hydrogen-bond donors (Lipinski definition) is 0. The van der Waals surface area contributed by atoms with E-state index in [0.29, 0.717) is 23.9 Å². The number of halogens is 2. The number of nitrogens with zero attached hydrogens (tertiary/aromatic N) is 2. The van der Waals surface area contributed by atoms with Crippen LogP contribution in [0.25, 0.3) is 0 Å². The van der Waals surface area contributed by atoms with Crippen LogP contribution in [-0.4, -0.2) is 37.4 Å². The van der Waals surface area contributed by atoms with E-state index in [1.54, 1.807) is 19.1 Å². The van der Waals surface area contributed by atoms with E-state index in [4.69, 9.17) is 27.9 Å². The Morgan fingerprint density at radius 2 is 1.64 bits per heavy atom. The standard InChI is InChI=1S/C19H23Cl2N2O2/c1-2-25-19(24)17-7-11-22(12-8-17)15-16-3-5-18(6-4-16)23(13-9-20)14-10-21/h3-8,11-12H,2,9-10,13-15H2,1H3/q+1. The van der Waals surface area contributed by atoms with Crippen LogP contribution in [0.3, 0.4) is 0 Å². The number of esters is 1. The summed E-state index contributed by atoms with van der Waals surface area (Å²) in [6.07, 6.45) is 3.76. The van der Waals surface area contributed by atoms with Gasteiger partial charge < -0.3 is 9.64 Å². The van der Waals surface area contributed by atoms with Crippen LogP contribution in [0.2, 0.25) is 0 Å². The SMILES string of the molecule is CCOC(=O)c1cc[n+](Cc2ccc(N(CCCl)CCCl)cc2)cc1. The van der Waals surface area contributed by atoms with Gasteiger partial charge in [-0.15, -0.1) is 23.2 Å². The highest BCUT2D eigenvalue weighted by molar-refractivity contribution is 6.18. The zero-order chi connectivity index (χ0) is 18.1. The number of ether oxygens (including phenoxy) is 1. The molecule has 1 heterocycles. The average Bonchev–Trinajstić information content (AvgIpc) is 2.63. The number of rotatable bonds is 9. The maximum Gasteiger partial charge on any atom is 0.338 e. The minimum absolute atomic E-state index is 0.294. The van der Waals surface area contributed by atoms with Crippen molar-refractivity contribution in [2.45, 2.75) is 13.5 Å². The van der Waals surface area contributed by atoms with Crippen molar-refractivity contribution in [3.05, 3.63) is 59.9 Å². The van der Waals surface area contributed by atoms with Crippen molar-refractivity contribution < 1.29 is 14.1 Å². The van der Waals surface area contributed by atoms with E-state index >= 15 is 0 Å². The Balaban J connectivity index is 2.02. The minimum Gasteiger partial charge on any atom is -0.462 e. The second kappa shape index (κ2) is 10.3. The van der Waals surface area contributed by atoms with Gasteiger partial charge in [-0.3, -0.25) is 0 Å². The number of aromatic nitrogens is 1. The fourth-order valence-electron chi connectivity index (χ4n) is 2.51. The zero-order valence-electron chi connectivity index (χ0n) is 14.3. The first-order valence-corrected chi connectivity index (χ1v) is 9.37. The van der Waals surface area contributed by atoms with Crippen molar-refractivity contribution in [1.29, 1.82) is 0 Å². The fraction of sp³-hybridized carbons (Fsp3) is 0.368. The van der Waals surface area contributed by atoms with E-state index in [-0.39, 0.29) is 5.97 Å². The van der Waals surface area contributed by atoms with Crippen molar-refractivity contribution >= 4 is 34.9 Å². The molecule has 1 aromatic heterocycles. The van der Waals surface area contributed by atoms with Gasteiger partial charge in [0.05, 0.1) is 12.2 Å². The van der Waals surface area contributed by atoms with Gasteiger partial charge >= 0.3 is 5.97 Å². The summed E-state index contributed by atoms with van der Waals surface area (Å²) in [5, 5.41) is 0. The Hall–Kier alpha value is -1.78. The molecule has 0 N–H and O–H groups in total. The molecule has 0 unspecified atom stereocenters. The highest BCUT2D eigenvalue weighted by Crippen LogP contribution is 2.15. The topological polar surface area (TPSA) is 33.4 Å². The van der Waals surface area contributed by atoms with Gasteiger partial charge in [0.2, 0.25) is 0 Å². The van der Waals surface area contributed by atoms with Crippen LogP contribution < -0.4 is 9.47 Å².